The highest BCUT2D eigenvalue weighted by molar-refractivity contribution is 4.91. The maximum absolute atomic E-state index is 2.40. The van der Waals surface area contributed by atoms with Gasteiger partial charge in [0.1, 0.15) is 0 Å². The standard InChI is InChI=1S/C12H22/c1-3-11(9-5-6-9)12(4-2)10-7-8-10/h9-12H,3-8H2,1-2H3. The molecule has 0 spiro atoms. The first-order chi connectivity index (χ1) is 5.86. The fourth-order valence-corrected chi connectivity index (χ4v) is 3.02. The van der Waals surface area contributed by atoms with Crippen molar-refractivity contribution in [1.82, 2.24) is 0 Å². The van der Waals surface area contributed by atoms with Gasteiger partial charge in [-0.1, -0.05) is 26.7 Å². The Labute approximate surface area is 76.7 Å². The predicted octanol–water partition coefficient (Wildman–Crippen LogP) is 3.86. The first kappa shape index (κ1) is 8.59. The van der Waals surface area contributed by atoms with Crippen LogP contribution in [-0.4, -0.2) is 0 Å². The molecule has 0 saturated heterocycles. The molecular formula is C12H22. The van der Waals surface area contributed by atoms with Gasteiger partial charge in [0.2, 0.25) is 0 Å². The van der Waals surface area contributed by atoms with Gasteiger partial charge in [0, 0.05) is 0 Å². The van der Waals surface area contributed by atoms with Crippen LogP contribution in [0.3, 0.4) is 0 Å². The minimum Gasteiger partial charge on any atom is -0.0651 e. The highest BCUT2D eigenvalue weighted by Crippen LogP contribution is 2.51. The van der Waals surface area contributed by atoms with Crippen molar-refractivity contribution in [3.05, 3.63) is 0 Å². The van der Waals surface area contributed by atoms with Gasteiger partial charge in [-0.05, 0) is 49.4 Å². The van der Waals surface area contributed by atoms with Crippen LogP contribution < -0.4 is 0 Å². The average molecular weight is 166 g/mol. The van der Waals surface area contributed by atoms with E-state index in [2.05, 4.69) is 13.8 Å². The molecule has 0 bridgehead atoms. The molecule has 0 N–H and O–H groups in total. The summed E-state index contributed by atoms with van der Waals surface area (Å²) in [7, 11) is 0. The molecule has 2 saturated carbocycles. The second kappa shape index (κ2) is 3.40. The van der Waals surface area contributed by atoms with E-state index in [0.717, 1.165) is 23.7 Å². The summed E-state index contributed by atoms with van der Waals surface area (Å²) in [6.07, 6.45) is 9.06. The Morgan fingerprint density at radius 2 is 1.17 bits per heavy atom. The van der Waals surface area contributed by atoms with Gasteiger partial charge >= 0.3 is 0 Å². The van der Waals surface area contributed by atoms with Crippen LogP contribution in [0.5, 0.6) is 0 Å². The van der Waals surface area contributed by atoms with Gasteiger partial charge in [-0.25, -0.2) is 0 Å². The van der Waals surface area contributed by atoms with Crippen LogP contribution in [-0.2, 0) is 0 Å². The van der Waals surface area contributed by atoms with Gasteiger partial charge in [0.15, 0.2) is 0 Å². The third kappa shape index (κ3) is 1.67. The number of hydrogen-bond donors (Lipinski definition) is 0. The summed E-state index contributed by atoms with van der Waals surface area (Å²) in [5.74, 6) is 4.48. The van der Waals surface area contributed by atoms with Crippen molar-refractivity contribution in [1.29, 1.82) is 0 Å². The van der Waals surface area contributed by atoms with Crippen LogP contribution in [0.15, 0.2) is 0 Å². The smallest absolute Gasteiger partial charge is 0.0357 e. The maximum Gasteiger partial charge on any atom is -0.0357 e. The van der Waals surface area contributed by atoms with E-state index in [0.29, 0.717) is 0 Å². The monoisotopic (exact) mass is 166 g/mol. The molecule has 0 aromatic heterocycles. The molecule has 0 amide bonds. The minimum atomic E-state index is 1.10. The van der Waals surface area contributed by atoms with Crippen molar-refractivity contribution in [3.8, 4) is 0 Å². The van der Waals surface area contributed by atoms with E-state index in [9.17, 15) is 0 Å². The third-order valence-corrected chi connectivity index (χ3v) is 3.95. The fourth-order valence-electron chi connectivity index (χ4n) is 3.02. The molecule has 2 fully saturated rings. The lowest BCUT2D eigenvalue weighted by molar-refractivity contribution is 0.247. The summed E-state index contributed by atoms with van der Waals surface area (Å²) in [6, 6.07) is 0. The first-order valence-corrected chi connectivity index (χ1v) is 5.86. The fraction of sp³-hybridized carbons (Fsp3) is 1.00. The summed E-state index contributed by atoms with van der Waals surface area (Å²) < 4.78 is 0. The largest absolute Gasteiger partial charge is 0.0651 e. The molecule has 2 aliphatic carbocycles. The second-order valence-electron chi connectivity index (χ2n) is 4.82. The summed E-state index contributed by atoms with van der Waals surface area (Å²) in [4.78, 5) is 0. The number of hydrogen-bond acceptors (Lipinski definition) is 0. The highest BCUT2D eigenvalue weighted by Gasteiger charge is 2.41. The Balaban J connectivity index is 1.91. The van der Waals surface area contributed by atoms with Crippen LogP contribution >= 0.6 is 0 Å². The summed E-state index contributed by atoms with van der Waals surface area (Å²) in [5.41, 5.74) is 0. The van der Waals surface area contributed by atoms with Crippen LogP contribution in [0.2, 0.25) is 0 Å². The third-order valence-electron chi connectivity index (χ3n) is 3.95. The summed E-state index contributed by atoms with van der Waals surface area (Å²) >= 11 is 0. The summed E-state index contributed by atoms with van der Waals surface area (Å²) in [6.45, 7) is 4.79. The molecular weight excluding hydrogens is 144 g/mol. The van der Waals surface area contributed by atoms with Crippen molar-refractivity contribution in [2.75, 3.05) is 0 Å². The van der Waals surface area contributed by atoms with Crippen LogP contribution in [0, 0.1) is 23.7 Å². The predicted molar refractivity (Wildman–Crippen MR) is 53.0 cm³/mol. The van der Waals surface area contributed by atoms with Crippen molar-refractivity contribution < 1.29 is 0 Å². The molecule has 0 heterocycles. The molecule has 0 nitrogen and oxygen atoms in total. The molecule has 0 aromatic carbocycles. The van der Waals surface area contributed by atoms with Gasteiger partial charge in [-0.2, -0.15) is 0 Å². The quantitative estimate of drug-likeness (QED) is 0.582. The molecule has 0 heteroatoms. The lowest BCUT2D eigenvalue weighted by atomic mass is 9.81. The maximum atomic E-state index is 2.40. The Kier molecular flexibility index (Phi) is 2.43. The molecule has 2 rings (SSSR count). The van der Waals surface area contributed by atoms with Gasteiger partial charge in [0.25, 0.3) is 0 Å². The van der Waals surface area contributed by atoms with Crippen LogP contribution in [0.4, 0.5) is 0 Å². The van der Waals surface area contributed by atoms with E-state index in [4.69, 9.17) is 0 Å². The van der Waals surface area contributed by atoms with Crippen molar-refractivity contribution in [3.63, 3.8) is 0 Å². The zero-order valence-corrected chi connectivity index (χ0v) is 8.55. The van der Waals surface area contributed by atoms with E-state index < -0.39 is 0 Å². The SMILES string of the molecule is CCC(C1CC1)C(CC)C1CC1. The van der Waals surface area contributed by atoms with E-state index in [1.807, 2.05) is 0 Å². The second-order valence-corrected chi connectivity index (χ2v) is 4.82. The first-order valence-electron chi connectivity index (χ1n) is 5.86. The molecule has 0 aromatic rings. The van der Waals surface area contributed by atoms with Crippen molar-refractivity contribution in [2.24, 2.45) is 23.7 Å². The molecule has 2 aliphatic rings. The van der Waals surface area contributed by atoms with Crippen molar-refractivity contribution in [2.45, 2.75) is 52.4 Å². The Bertz CT molecular complexity index is 124. The van der Waals surface area contributed by atoms with Gasteiger partial charge in [-0.15, -0.1) is 0 Å². The molecule has 12 heavy (non-hydrogen) atoms. The lowest BCUT2D eigenvalue weighted by Crippen LogP contribution is -2.17. The number of rotatable bonds is 5. The Hall–Kier alpha value is 0. The molecule has 0 radical (unpaired) electrons. The van der Waals surface area contributed by atoms with E-state index >= 15 is 0 Å². The zero-order chi connectivity index (χ0) is 8.55. The van der Waals surface area contributed by atoms with E-state index in [-0.39, 0.29) is 0 Å². The molecule has 0 aliphatic heterocycles. The molecule has 2 unspecified atom stereocenters. The zero-order valence-electron chi connectivity index (χ0n) is 8.55. The van der Waals surface area contributed by atoms with E-state index in [1.54, 1.807) is 25.7 Å². The van der Waals surface area contributed by atoms with Crippen molar-refractivity contribution >= 4 is 0 Å². The highest BCUT2D eigenvalue weighted by atomic mass is 14.5. The Morgan fingerprint density at radius 3 is 1.33 bits per heavy atom. The van der Waals surface area contributed by atoms with Gasteiger partial charge < -0.3 is 0 Å². The van der Waals surface area contributed by atoms with Crippen LogP contribution in [0.25, 0.3) is 0 Å². The topological polar surface area (TPSA) is 0 Å². The minimum absolute atomic E-state index is 1.10. The molecule has 2 atom stereocenters. The van der Waals surface area contributed by atoms with Crippen LogP contribution in [0.1, 0.15) is 52.4 Å². The Morgan fingerprint density at radius 1 is 0.833 bits per heavy atom. The normalized spacial score (nSPS) is 28.5. The molecule has 70 valence electrons. The summed E-state index contributed by atoms with van der Waals surface area (Å²) in [5, 5.41) is 0. The lowest BCUT2D eigenvalue weighted by Gasteiger charge is -2.24. The van der Waals surface area contributed by atoms with Gasteiger partial charge in [-0.3, -0.25) is 0 Å². The van der Waals surface area contributed by atoms with E-state index in [1.165, 1.54) is 12.8 Å². The average Bonchev–Trinajstić information content (AvgIpc) is 2.85. The van der Waals surface area contributed by atoms with Gasteiger partial charge in [0.05, 0.1) is 0 Å².